The van der Waals surface area contributed by atoms with Crippen molar-refractivity contribution >= 4 is 5.69 Å². The van der Waals surface area contributed by atoms with E-state index in [4.69, 9.17) is 14.0 Å². The lowest BCUT2D eigenvalue weighted by molar-refractivity contribution is 0.355. The second kappa shape index (κ2) is 6.47. The molecule has 0 radical (unpaired) electrons. The van der Waals surface area contributed by atoms with Gasteiger partial charge in [0.25, 0.3) is 0 Å². The van der Waals surface area contributed by atoms with Crippen molar-refractivity contribution < 1.29 is 14.0 Å². The van der Waals surface area contributed by atoms with Crippen LogP contribution in [0, 0.1) is 0 Å². The van der Waals surface area contributed by atoms with Gasteiger partial charge in [0.05, 0.1) is 20.8 Å². The van der Waals surface area contributed by atoms with E-state index in [2.05, 4.69) is 39.3 Å². The molecule has 1 aliphatic heterocycles. The van der Waals surface area contributed by atoms with Crippen molar-refractivity contribution in [1.82, 2.24) is 10.1 Å². The Hall–Kier alpha value is -3.02. The number of ether oxygens (including phenoxy) is 2. The third-order valence-corrected chi connectivity index (χ3v) is 4.42. The monoisotopic (exact) mass is 337 g/mol. The maximum atomic E-state index is 5.45. The Labute approximate surface area is 146 Å². The van der Waals surface area contributed by atoms with Crippen LogP contribution in [0.3, 0.4) is 0 Å². The molecule has 0 aliphatic carbocycles. The molecule has 0 fully saturated rings. The minimum atomic E-state index is 0.545. The van der Waals surface area contributed by atoms with Crippen LogP contribution >= 0.6 is 0 Å². The highest BCUT2D eigenvalue weighted by molar-refractivity contribution is 5.61. The van der Waals surface area contributed by atoms with E-state index < -0.39 is 0 Å². The molecule has 0 amide bonds. The molecule has 6 heteroatoms. The van der Waals surface area contributed by atoms with Gasteiger partial charge in [0, 0.05) is 17.8 Å². The van der Waals surface area contributed by atoms with Crippen molar-refractivity contribution in [2.75, 3.05) is 25.7 Å². The number of rotatable bonds is 5. The minimum absolute atomic E-state index is 0.545. The summed E-state index contributed by atoms with van der Waals surface area (Å²) in [6.45, 7) is 1.57. The summed E-state index contributed by atoms with van der Waals surface area (Å²) in [7, 11) is 3.21. The number of para-hydroxylation sites is 1. The Morgan fingerprint density at radius 1 is 1.08 bits per heavy atom. The van der Waals surface area contributed by atoms with E-state index in [1.54, 1.807) is 14.2 Å². The minimum Gasteiger partial charge on any atom is -0.493 e. The van der Waals surface area contributed by atoms with Gasteiger partial charge in [-0.3, -0.25) is 0 Å². The van der Waals surface area contributed by atoms with Crippen molar-refractivity contribution in [1.29, 1.82) is 0 Å². The Morgan fingerprint density at radius 3 is 2.76 bits per heavy atom. The molecule has 0 bridgehead atoms. The van der Waals surface area contributed by atoms with Crippen LogP contribution in [0.25, 0.3) is 11.4 Å². The highest BCUT2D eigenvalue weighted by Gasteiger charge is 2.21. The molecule has 3 aromatic rings. The van der Waals surface area contributed by atoms with Gasteiger partial charge in [-0.05, 0) is 36.2 Å². The summed E-state index contributed by atoms with van der Waals surface area (Å²) in [5.41, 5.74) is 3.44. The summed E-state index contributed by atoms with van der Waals surface area (Å²) in [5, 5.41) is 4.11. The number of nitrogens with zero attached hydrogens (tertiary/aromatic N) is 3. The number of benzene rings is 2. The van der Waals surface area contributed by atoms with Gasteiger partial charge in [-0.2, -0.15) is 4.98 Å². The quantitative estimate of drug-likeness (QED) is 0.712. The fraction of sp³-hybridized carbons (Fsp3) is 0.263. The van der Waals surface area contributed by atoms with E-state index >= 15 is 0 Å². The molecule has 2 aromatic carbocycles. The first kappa shape index (κ1) is 15.5. The van der Waals surface area contributed by atoms with E-state index in [0.717, 1.165) is 18.5 Å². The lowest BCUT2D eigenvalue weighted by Gasteiger charge is -2.16. The first-order valence-electron chi connectivity index (χ1n) is 8.16. The highest BCUT2D eigenvalue weighted by atomic mass is 16.5. The molecule has 1 aromatic heterocycles. The first-order chi connectivity index (χ1) is 12.3. The van der Waals surface area contributed by atoms with Crippen molar-refractivity contribution in [3.63, 3.8) is 0 Å². The van der Waals surface area contributed by atoms with Gasteiger partial charge < -0.3 is 18.9 Å². The van der Waals surface area contributed by atoms with Gasteiger partial charge in [0.1, 0.15) is 0 Å². The van der Waals surface area contributed by atoms with E-state index in [1.807, 2.05) is 18.2 Å². The summed E-state index contributed by atoms with van der Waals surface area (Å²) in [6.07, 6.45) is 1.05. The largest absolute Gasteiger partial charge is 0.493 e. The second-order valence-electron chi connectivity index (χ2n) is 5.88. The zero-order valence-electron chi connectivity index (χ0n) is 14.2. The molecule has 4 rings (SSSR count). The van der Waals surface area contributed by atoms with Gasteiger partial charge >= 0.3 is 0 Å². The predicted octanol–water partition coefficient (Wildman–Crippen LogP) is 3.32. The van der Waals surface area contributed by atoms with Crippen LogP contribution in [-0.4, -0.2) is 30.9 Å². The van der Waals surface area contributed by atoms with Crippen LogP contribution in [0.4, 0.5) is 5.69 Å². The fourth-order valence-electron chi connectivity index (χ4n) is 3.15. The third-order valence-electron chi connectivity index (χ3n) is 4.42. The van der Waals surface area contributed by atoms with Crippen molar-refractivity contribution in [2.45, 2.75) is 13.0 Å². The van der Waals surface area contributed by atoms with Crippen LogP contribution in [0.5, 0.6) is 11.5 Å². The average Bonchev–Trinajstić information content (AvgIpc) is 3.29. The molecule has 0 spiro atoms. The topological polar surface area (TPSA) is 60.6 Å². The molecular weight excluding hydrogens is 318 g/mol. The lowest BCUT2D eigenvalue weighted by atomic mass is 10.2. The summed E-state index contributed by atoms with van der Waals surface area (Å²) in [6, 6.07) is 14.0. The van der Waals surface area contributed by atoms with Crippen LogP contribution in [-0.2, 0) is 13.0 Å². The van der Waals surface area contributed by atoms with Gasteiger partial charge in [-0.1, -0.05) is 23.4 Å². The van der Waals surface area contributed by atoms with Crippen molar-refractivity contribution in [3.8, 4) is 22.9 Å². The summed E-state index contributed by atoms with van der Waals surface area (Å²) >= 11 is 0. The van der Waals surface area contributed by atoms with Crippen LogP contribution < -0.4 is 14.4 Å². The molecule has 6 nitrogen and oxygen atoms in total. The smallest absolute Gasteiger partial charge is 0.246 e. The van der Waals surface area contributed by atoms with Crippen LogP contribution in [0.2, 0.25) is 0 Å². The van der Waals surface area contributed by atoms with E-state index in [-0.39, 0.29) is 0 Å². The second-order valence-corrected chi connectivity index (χ2v) is 5.88. The van der Waals surface area contributed by atoms with Crippen molar-refractivity contribution in [2.24, 2.45) is 0 Å². The zero-order valence-corrected chi connectivity index (χ0v) is 14.2. The van der Waals surface area contributed by atoms with Gasteiger partial charge in [-0.15, -0.1) is 0 Å². The Kier molecular flexibility index (Phi) is 4.01. The number of hydrogen-bond acceptors (Lipinski definition) is 6. The molecule has 0 atom stereocenters. The molecule has 0 saturated heterocycles. The molecule has 1 aliphatic rings. The molecule has 0 unspecified atom stereocenters. The maximum absolute atomic E-state index is 5.45. The molecule has 0 saturated carbocycles. The van der Waals surface area contributed by atoms with Crippen LogP contribution in [0.15, 0.2) is 47.0 Å². The van der Waals surface area contributed by atoms with Crippen molar-refractivity contribution in [3.05, 3.63) is 53.9 Å². The standard InChI is InChI=1S/C19H19N3O3/c1-23-16-8-7-14(11-17(16)24-2)19-20-18(25-21-19)12-22-10-9-13-5-3-4-6-15(13)22/h3-8,11H,9-10,12H2,1-2H3. The predicted molar refractivity (Wildman–Crippen MR) is 94.0 cm³/mol. The van der Waals surface area contributed by atoms with Crippen LogP contribution in [0.1, 0.15) is 11.5 Å². The summed E-state index contributed by atoms with van der Waals surface area (Å²) < 4.78 is 16.0. The molecule has 0 N–H and O–H groups in total. The maximum Gasteiger partial charge on any atom is 0.246 e. The molecule has 2 heterocycles. The fourth-order valence-corrected chi connectivity index (χ4v) is 3.15. The number of hydrogen-bond donors (Lipinski definition) is 0. The number of aromatic nitrogens is 2. The highest BCUT2D eigenvalue weighted by Crippen LogP contribution is 2.32. The van der Waals surface area contributed by atoms with Gasteiger partial charge in [-0.25, -0.2) is 0 Å². The summed E-state index contributed by atoms with van der Waals surface area (Å²) in [5.74, 6) is 2.45. The molecule has 25 heavy (non-hydrogen) atoms. The average molecular weight is 337 g/mol. The SMILES string of the molecule is COc1ccc(-c2noc(CN3CCc4ccccc43)n2)cc1OC. The number of methoxy groups -OCH3 is 2. The molecular formula is C19H19N3O3. The Bertz CT molecular complexity index is 891. The van der Waals surface area contributed by atoms with Gasteiger partial charge in [0.2, 0.25) is 11.7 Å². The lowest BCUT2D eigenvalue weighted by Crippen LogP contribution is -2.19. The van der Waals surface area contributed by atoms with E-state index in [0.29, 0.717) is 29.8 Å². The van der Waals surface area contributed by atoms with E-state index in [9.17, 15) is 0 Å². The number of anilines is 1. The Morgan fingerprint density at radius 2 is 1.92 bits per heavy atom. The zero-order chi connectivity index (χ0) is 17.2. The van der Waals surface area contributed by atoms with Gasteiger partial charge in [0.15, 0.2) is 11.5 Å². The Balaban J connectivity index is 1.55. The third kappa shape index (κ3) is 2.91. The number of fused-ring (bicyclic) bond motifs is 1. The summed E-state index contributed by atoms with van der Waals surface area (Å²) in [4.78, 5) is 6.80. The normalized spacial score (nSPS) is 13.0. The first-order valence-corrected chi connectivity index (χ1v) is 8.16. The molecule has 128 valence electrons. The van der Waals surface area contributed by atoms with E-state index in [1.165, 1.54) is 11.3 Å².